The number of aliphatic hydroxyl groups excluding tert-OH is 3. The molecule has 0 bridgehead atoms. The van der Waals surface area contributed by atoms with Crippen LogP contribution in [0.2, 0.25) is 0 Å². The normalized spacial score (nSPS) is 34.1. The van der Waals surface area contributed by atoms with Crippen LogP contribution in [0, 0.1) is 0 Å². The first-order chi connectivity index (χ1) is 9.67. The maximum Gasteiger partial charge on any atom is 0.184 e. The number of benzene rings is 1. The number of rotatable bonds is 5. The first-order valence-electron chi connectivity index (χ1n) is 6.48. The summed E-state index contributed by atoms with van der Waals surface area (Å²) in [6.07, 6.45) is -4.80. The zero-order valence-corrected chi connectivity index (χ0v) is 11.3. The lowest BCUT2D eigenvalue weighted by Crippen LogP contribution is -2.60. The van der Waals surface area contributed by atoms with Gasteiger partial charge in [0, 0.05) is 7.11 Å². The SMILES string of the molecule is CO[C@@H]1[C@@H](OCc2ccccc2)[C@@H](O)[C@@H](CO)O[C@H]1O. The van der Waals surface area contributed by atoms with E-state index in [1.165, 1.54) is 7.11 Å². The molecule has 3 N–H and O–H groups in total. The highest BCUT2D eigenvalue weighted by Gasteiger charge is 2.45. The van der Waals surface area contributed by atoms with Crippen molar-refractivity contribution in [2.24, 2.45) is 0 Å². The highest BCUT2D eigenvalue weighted by atomic mass is 16.7. The molecule has 6 nitrogen and oxygen atoms in total. The van der Waals surface area contributed by atoms with E-state index in [0.717, 1.165) is 5.56 Å². The molecule has 20 heavy (non-hydrogen) atoms. The van der Waals surface area contributed by atoms with Gasteiger partial charge >= 0.3 is 0 Å². The Morgan fingerprint density at radius 3 is 2.45 bits per heavy atom. The van der Waals surface area contributed by atoms with Crippen molar-refractivity contribution in [2.75, 3.05) is 13.7 Å². The minimum atomic E-state index is -1.25. The third-order valence-corrected chi connectivity index (χ3v) is 3.37. The van der Waals surface area contributed by atoms with Gasteiger partial charge in [-0.15, -0.1) is 0 Å². The van der Waals surface area contributed by atoms with Crippen molar-refractivity contribution in [1.29, 1.82) is 0 Å². The minimum absolute atomic E-state index is 0.271. The Hall–Kier alpha value is -1.02. The Morgan fingerprint density at radius 1 is 1.15 bits per heavy atom. The second-order valence-electron chi connectivity index (χ2n) is 4.70. The highest BCUT2D eigenvalue weighted by Crippen LogP contribution is 2.25. The van der Waals surface area contributed by atoms with Crippen molar-refractivity contribution in [3.8, 4) is 0 Å². The lowest BCUT2D eigenvalue weighted by atomic mass is 9.99. The molecule has 0 amide bonds. The van der Waals surface area contributed by atoms with Crippen LogP contribution in [0.1, 0.15) is 5.56 Å². The molecule has 0 radical (unpaired) electrons. The molecule has 1 aromatic rings. The van der Waals surface area contributed by atoms with Crippen LogP contribution in [0.4, 0.5) is 0 Å². The van der Waals surface area contributed by atoms with Crippen molar-refractivity contribution in [3.05, 3.63) is 35.9 Å². The second kappa shape index (κ2) is 7.12. The molecule has 1 aliphatic heterocycles. The Labute approximate surface area is 117 Å². The first-order valence-corrected chi connectivity index (χ1v) is 6.48. The Balaban J connectivity index is 2.04. The standard InChI is InChI=1S/C14H20O6/c1-18-13-12(11(16)10(7-15)20-14(13)17)19-8-9-5-3-2-4-6-9/h2-6,10-17H,7-8H2,1H3/t10-,11+,12+,13-,14-/m1/s1. The van der Waals surface area contributed by atoms with E-state index in [1.54, 1.807) is 0 Å². The molecule has 5 atom stereocenters. The van der Waals surface area contributed by atoms with Gasteiger partial charge in [0.2, 0.25) is 0 Å². The smallest absolute Gasteiger partial charge is 0.184 e. The van der Waals surface area contributed by atoms with Gasteiger partial charge in [0.15, 0.2) is 6.29 Å². The predicted molar refractivity (Wildman–Crippen MR) is 69.8 cm³/mol. The van der Waals surface area contributed by atoms with Crippen LogP contribution in [0.25, 0.3) is 0 Å². The molecular weight excluding hydrogens is 264 g/mol. The van der Waals surface area contributed by atoms with Crippen molar-refractivity contribution >= 4 is 0 Å². The van der Waals surface area contributed by atoms with Gasteiger partial charge in [0.25, 0.3) is 0 Å². The molecule has 0 spiro atoms. The van der Waals surface area contributed by atoms with Crippen molar-refractivity contribution < 1.29 is 29.5 Å². The van der Waals surface area contributed by atoms with Gasteiger partial charge in [-0.2, -0.15) is 0 Å². The summed E-state index contributed by atoms with van der Waals surface area (Å²) in [5.41, 5.74) is 0.941. The van der Waals surface area contributed by atoms with Crippen molar-refractivity contribution in [1.82, 2.24) is 0 Å². The lowest BCUT2D eigenvalue weighted by molar-refractivity contribution is -0.301. The summed E-state index contributed by atoms with van der Waals surface area (Å²) in [5, 5.41) is 29.1. The molecule has 1 fully saturated rings. The molecule has 1 heterocycles. The van der Waals surface area contributed by atoms with E-state index in [2.05, 4.69) is 0 Å². The van der Waals surface area contributed by atoms with Crippen molar-refractivity contribution in [2.45, 2.75) is 37.3 Å². The van der Waals surface area contributed by atoms with Crippen LogP contribution in [-0.2, 0) is 20.8 Å². The fourth-order valence-electron chi connectivity index (χ4n) is 2.27. The number of methoxy groups -OCH3 is 1. The molecular formula is C14H20O6. The molecule has 1 aliphatic rings. The van der Waals surface area contributed by atoms with Gasteiger partial charge in [0.05, 0.1) is 13.2 Å². The topological polar surface area (TPSA) is 88.4 Å². The van der Waals surface area contributed by atoms with Crippen LogP contribution < -0.4 is 0 Å². The number of aliphatic hydroxyl groups is 3. The number of hydrogen-bond donors (Lipinski definition) is 3. The lowest BCUT2D eigenvalue weighted by Gasteiger charge is -2.41. The number of hydrogen-bond acceptors (Lipinski definition) is 6. The molecule has 2 rings (SSSR count). The van der Waals surface area contributed by atoms with Gasteiger partial charge in [-0.3, -0.25) is 0 Å². The van der Waals surface area contributed by atoms with Crippen LogP contribution in [0.15, 0.2) is 30.3 Å². The van der Waals surface area contributed by atoms with Gasteiger partial charge in [0.1, 0.15) is 24.4 Å². The maximum atomic E-state index is 10.1. The molecule has 0 unspecified atom stereocenters. The monoisotopic (exact) mass is 284 g/mol. The van der Waals surface area contributed by atoms with E-state index in [-0.39, 0.29) is 6.61 Å². The summed E-state index contributed by atoms with van der Waals surface area (Å²) in [7, 11) is 1.40. The summed E-state index contributed by atoms with van der Waals surface area (Å²) in [4.78, 5) is 0. The summed E-state index contributed by atoms with van der Waals surface area (Å²) < 4.78 is 15.9. The largest absolute Gasteiger partial charge is 0.394 e. The zero-order valence-electron chi connectivity index (χ0n) is 11.3. The molecule has 112 valence electrons. The first kappa shape index (κ1) is 15.4. The summed E-state index contributed by atoms with van der Waals surface area (Å²) in [5.74, 6) is 0. The van der Waals surface area contributed by atoms with E-state index in [4.69, 9.17) is 19.3 Å². The molecule has 0 aromatic heterocycles. The van der Waals surface area contributed by atoms with Gasteiger partial charge < -0.3 is 29.5 Å². The maximum absolute atomic E-state index is 10.1. The molecule has 1 saturated heterocycles. The van der Waals surface area contributed by atoms with Crippen LogP contribution in [0.3, 0.4) is 0 Å². The number of ether oxygens (including phenoxy) is 3. The van der Waals surface area contributed by atoms with E-state index < -0.39 is 37.3 Å². The van der Waals surface area contributed by atoms with Gasteiger partial charge in [-0.25, -0.2) is 0 Å². The molecule has 1 aromatic carbocycles. The van der Waals surface area contributed by atoms with Gasteiger partial charge in [-0.1, -0.05) is 30.3 Å². The van der Waals surface area contributed by atoms with E-state index in [0.29, 0.717) is 0 Å². The third kappa shape index (κ3) is 3.35. The second-order valence-corrected chi connectivity index (χ2v) is 4.70. The summed E-state index contributed by atoms with van der Waals surface area (Å²) in [6.45, 7) is -0.132. The quantitative estimate of drug-likeness (QED) is 0.685. The minimum Gasteiger partial charge on any atom is -0.394 e. The summed E-state index contributed by atoms with van der Waals surface area (Å²) >= 11 is 0. The summed E-state index contributed by atoms with van der Waals surface area (Å²) in [6, 6.07) is 9.47. The van der Waals surface area contributed by atoms with Crippen LogP contribution >= 0.6 is 0 Å². The predicted octanol–water partition coefficient (Wildman–Crippen LogP) is -0.343. The molecule has 0 saturated carbocycles. The van der Waals surface area contributed by atoms with Crippen LogP contribution in [0.5, 0.6) is 0 Å². The molecule has 6 heteroatoms. The fraction of sp³-hybridized carbons (Fsp3) is 0.571. The van der Waals surface area contributed by atoms with E-state index in [1.807, 2.05) is 30.3 Å². The molecule has 0 aliphatic carbocycles. The van der Waals surface area contributed by atoms with E-state index >= 15 is 0 Å². The fourth-order valence-corrected chi connectivity index (χ4v) is 2.27. The zero-order chi connectivity index (χ0) is 14.5. The Morgan fingerprint density at radius 2 is 1.85 bits per heavy atom. The van der Waals surface area contributed by atoms with Crippen molar-refractivity contribution in [3.63, 3.8) is 0 Å². The van der Waals surface area contributed by atoms with Gasteiger partial charge in [-0.05, 0) is 5.56 Å². The Bertz CT molecular complexity index is 398. The van der Waals surface area contributed by atoms with E-state index in [9.17, 15) is 10.2 Å². The third-order valence-electron chi connectivity index (χ3n) is 3.37. The Kier molecular flexibility index (Phi) is 5.47. The van der Waals surface area contributed by atoms with Crippen LogP contribution in [-0.4, -0.2) is 59.7 Å². The average Bonchev–Trinajstić information content (AvgIpc) is 2.48. The average molecular weight is 284 g/mol. The highest BCUT2D eigenvalue weighted by molar-refractivity contribution is 5.13.